The first kappa shape index (κ1) is 16.2. The van der Waals surface area contributed by atoms with Crippen molar-refractivity contribution in [3.63, 3.8) is 0 Å². The molecule has 3 aromatic rings. The van der Waals surface area contributed by atoms with Gasteiger partial charge >= 0.3 is 0 Å². The van der Waals surface area contributed by atoms with E-state index in [9.17, 15) is 13.2 Å². The van der Waals surface area contributed by atoms with Gasteiger partial charge in [-0.3, -0.25) is 0 Å². The molecule has 0 atom stereocenters. The lowest BCUT2D eigenvalue weighted by Gasteiger charge is -2.10. The van der Waals surface area contributed by atoms with E-state index in [1.54, 1.807) is 30.3 Å². The number of hydrogen-bond acceptors (Lipinski definition) is 2. The highest BCUT2D eigenvalue weighted by atomic mass is 19.2. The highest BCUT2D eigenvalue weighted by Gasteiger charge is 2.08. The molecule has 3 rings (SSSR count). The third-order valence-corrected chi connectivity index (χ3v) is 3.58. The maximum atomic E-state index is 14.0. The molecule has 124 valence electrons. The summed E-state index contributed by atoms with van der Waals surface area (Å²) in [4.78, 5) is 0. The van der Waals surface area contributed by atoms with Crippen LogP contribution in [0.5, 0.6) is 11.5 Å². The van der Waals surface area contributed by atoms with Crippen LogP contribution >= 0.6 is 0 Å². The molecule has 0 N–H and O–H groups in total. The molecule has 0 aliphatic heterocycles. The molecule has 5 heteroatoms. The van der Waals surface area contributed by atoms with Crippen molar-refractivity contribution in [2.75, 3.05) is 6.61 Å². The zero-order valence-corrected chi connectivity index (χ0v) is 13.0. The minimum atomic E-state index is -0.919. The molecule has 0 saturated heterocycles. The first-order chi connectivity index (χ1) is 11.6. The number of halogens is 3. The third-order valence-electron chi connectivity index (χ3n) is 3.58. The summed E-state index contributed by atoms with van der Waals surface area (Å²) in [5, 5.41) is 1.08. The van der Waals surface area contributed by atoms with E-state index in [2.05, 4.69) is 0 Å². The Balaban J connectivity index is 1.77. The van der Waals surface area contributed by atoms with Gasteiger partial charge in [0.05, 0.1) is 6.61 Å². The van der Waals surface area contributed by atoms with Crippen LogP contribution in [0.3, 0.4) is 0 Å². The summed E-state index contributed by atoms with van der Waals surface area (Å²) < 4.78 is 51.3. The van der Waals surface area contributed by atoms with Crippen molar-refractivity contribution >= 4 is 10.8 Å². The van der Waals surface area contributed by atoms with Gasteiger partial charge < -0.3 is 9.47 Å². The fraction of sp³-hybridized carbons (Fsp3) is 0.158. The van der Waals surface area contributed by atoms with Crippen LogP contribution < -0.4 is 9.47 Å². The third kappa shape index (κ3) is 3.45. The summed E-state index contributed by atoms with van der Waals surface area (Å²) in [6.07, 6.45) is 0. The minimum absolute atomic E-state index is 0.0213. The second-order valence-corrected chi connectivity index (χ2v) is 5.25. The molecule has 0 unspecified atom stereocenters. The lowest BCUT2D eigenvalue weighted by molar-refractivity contribution is 0.298. The van der Waals surface area contributed by atoms with Crippen LogP contribution in [0.25, 0.3) is 10.8 Å². The topological polar surface area (TPSA) is 18.5 Å². The average molecular weight is 332 g/mol. The molecule has 0 bridgehead atoms. The Morgan fingerprint density at radius 2 is 1.38 bits per heavy atom. The molecule has 0 saturated carbocycles. The van der Waals surface area contributed by atoms with Gasteiger partial charge in [-0.05, 0) is 54.1 Å². The highest BCUT2D eigenvalue weighted by Crippen LogP contribution is 2.25. The quantitative estimate of drug-likeness (QED) is 0.636. The summed E-state index contributed by atoms with van der Waals surface area (Å²) in [5.41, 5.74) is 0.379. The smallest absolute Gasteiger partial charge is 0.159 e. The van der Waals surface area contributed by atoms with E-state index in [0.717, 1.165) is 12.1 Å². The van der Waals surface area contributed by atoms with Crippen LogP contribution in [0.4, 0.5) is 13.2 Å². The highest BCUT2D eigenvalue weighted by molar-refractivity contribution is 5.84. The molecule has 0 amide bonds. The largest absolute Gasteiger partial charge is 0.494 e. The summed E-state index contributed by atoms with van der Waals surface area (Å²) in [6.45, 7) is 2.31. The number of benzene rings is 3. The normalized spacial score (nSPS) is 10.8. The summed E-state index contributed by atoms with van der Waals surface area (Å²) in [6, 6.07) is 11.6. The van der Waals surface area contributed by atoms with E-state index in [0.29, 0.717) is 34.4 Å². The average Bonchev–Trinajstić information content (AvgIpc) is 2.55. The van der Waals surface area contributed by atoms with Gasteiger partial charge in [0.2, 0.25) is 0 Å². The summed E-state index contributed by atoms with van der Waals surface area (Å²) in [5.74, 6) is -1.33. The lowest BCUT2D eigenvalue weighted by Crippen LogP contribution is -2.00. The monoisotopic (exact) mass is 332 g/mol. The van der Waals surface area contributed by atoms with Crippen molar-refractivity contribution in [2.45, 2.75) is 13.5 Å². The molecule has 2 nitrogen and oxygen atoms in total. The van der Waals surface area contributed by atoms with Crippen molar-refractivity contribution in [2.24, 2.45) is 0 Å². The van der Waals surface area contributed by atoms with Crippen molar-refractivity contribution in [3.8, 4) is 11.5 Å². The van der Waals surface area contributed by atoms with Gasteiger partial charge in [0.1, 0.15) is 23.9 Å². The van der Waals surface area contributed by atoms with Crippen LogP contribution in [-0.2, 0) is 6.61 Å². The van der Waals surface area contributed by atoms with Crippen LogP contribution in [0.15, 0.2) is 48.5 Å². The number of fused-ring (bicyclic) bond motifs is 1. The predicted molar refractivity (Wildman–Crippen MR) is 85.8 cm³/mol. The molecule has 3 aromatic carbocycles. The molecule has 0 heterocycles. The van der Waals surface area contributed by atoms with Gasteiger partial charge in [-0.15, -0.1) is 0 Å². The Hall–Kier alpha value is -2.69. The SMILES string of the molecule is CCOc1ccc(COc2ccc3cc(F)c(F)cc3c2)c(F)c1. The predicted octanol–water partition coefficient (Wildman–Crippen LogP) is 5.23. The summed E-state index contributed by atoms with van der Waals surface area (Å²) >= 11 is 0. The minimum Gasteiger partial charge on any atom is -0.494 e. The van der Waals surface area contributed by atoms with Gasteiger partial charge in [-0.1, -0.05) is 6.07 Å². The maximum Gasteiger partial charge on any atom is 0.159 e. The van der Waals surface area contributed by atoms with E-state index in [1.165, 1.54) is 6.07 Å². The first-order valence-electron chi connectivity index (χ1n) is 7.49. The standard InChI is InChI=1S/C19H15F3O2/c1-2-23-16-6-4-13(17(20)10-16)11-24-15-5-3-12-8-18(21)19(22)9-14(12)7-15/h3-10H,2,11H2,1H3. The fourth-order valence-corrected chi connectivity index (χ4v) is 2.37. The Bertz CT molecular complexity index is 878. The Kier molecular flexibility index (Phi) is 4.60. The fourth-order valence-electron chi connectivity index (χ4n) is 2.37. The van der Waals surface area contributed by atoms with Gasteiger partial charge in [0, 0.05) is 11.6 Å². The van der Waals surface area contributed by atoms with Crippen LogP contribution in [0, 0.1) is 17.5 Å². The van der Waals surface area contributed by atoms with Crippen LogP contribution in [-0.4, -0.2) is 6.61 Å². The van der Waals surface area contributed by atoms with E-state index in [-0.39, 0.29) is 6.61 Å². The number of hydrogen-bond donors (Lipinski definition) is 0. The molecular formula is C19H15F3O2. The molecule has 0 spiro atoms. The van der Waals surface area contributed by atoms with Crippen LogP contribution in [0.2, 0.25) is 0 Å². The van der Waals surface area contributed by atoms with Crippen molar-refractivity contribution in [3.05, 3.63) is 71.5 Å². The number of rotatable bonds is 5. The Labute approximate surface area is 137 Å². The second kappa shape index (κ2) is 6.83. The zero-order chi connectivity index (χ0) is 17.1. The second-order valence-electron chi connectivity index (χ2n) is 5.25. The zero-order valence-electron chi connectivity index (χ0n) is 13.0. The van der Waals surface area contributed by atoms with Gasteiger partial charge in [0.15, 0.2) is 11.6 Å². The van der Waals surface area contributed by atoms with Crippen LogP contribution in [0.1, 0.15) is 12.5 Å². The molecule has 0 aliphatic carbocycles. The van der Waals surface area contributed by atoms with E-state index >= 15 is 0 Å². The van der Waals surface area contributed by atoms with Crippen molar-refractivity contribution < 1.29 is 22.6 Å². The molecule has 0 aromatic heterocycles. The Morgan fingerprint density at radius 1 is 0.708 bits per heavy atom. The summed E-state index contributed by atoms with van der Waals surface area (Å²) in [7, 11) is 0. The Morgan fingerprint density at radius 3 is 2.08 bits per heavy atom. The van der Waals surface area contributed by atoms with E-state index in [1.807, 2.05) is 6.92 Å². The molecule has 0 fully saturated rings. The van der Waals surface area contributed by atoms with Gasteiger partial charge in [-0.2, -0.15) is 0 Å². The first-order valence-corrected chi connectivity index (χ1v) is 7.49. The van der Waals surface area contributed by atoms with Gasteiger partial charge in [-0.25, -0.2) is 13.2 Å². The van der Waals surface area contributed by atoms with Crippen molar-refractivity contribution in [1.82, 2.24) is 0 Å². The van der Waals surface area contributed by atoms with Gasteiger partial charge in [0.25, 0.3) is 0 Å². The van der Waals surface area contributed by atoms with E-state index in [4.69, 9.17) is 9.47 Å². The molecule has 0 radical (unpaired) electrons. The van der Waals surface area contributed by atoms with E-state index < -0.39 is 17.5 Å². The van der Waals surface area contributed by atoms with Crippen molar-refractivity contribution in [1.29, 1.82) is 0 Å². The lowest BCUT2D eigenvalue weighted by atomic mass is 10.1. The maximum absolute atomic E-state index is 14.0. The number of ether oxygens (including phenoxy) is 2. The molecule has 24 heavy (non-hydrogen) atoms. The molecular weight excluding hydrogens is 317 g/mol. The molecule has 0 aliphatic rings.